The van der Waals surface area contributed by atoms with Crippen molar-refractivity contribution in [2.24, 2.45) is 0 Å². The molecule has 4 rings (SSSR count). The number of nitrogens with zero attached hydrogens (tertiary/aromatic N) is 2. The summed E-state index contributed by atoms with van der Waals surface area (Å²) < 4.78 is 11.7. The van der Waals surface area contributed by atoms with Gasteiger partial charge in [0, 0.05) is 17.4 Å². The molecule has 0 radical (unpaired) electrons. The van der Waals surface area contributed by atoms with E-state index in [9.17, 15) is 14.4 Å². The molecule has 2 aromatic heterocycles. The number of hydrogen-bond acceptors (Lipinski definition) is 7. The van der Waals surface area contributed by atoms with E-state index in [2.05, 4.69) is 15.6 Å². The Morgan fingerprint density at radius 3 is 2.40 bits per heavy atom. The number of fused-ring (bicyclic) bond motifs is 1. The lowest BCUT2D eigenvalue weighted by Crippen LogP contribution is -2.31. The first-order chi connectivity index (χ1) is 16.8. The zero-order chi connectivity index (χ0) is 25.1. The van der Waals surface area contributed by atoms with E-state index < -0.39 is 17.5 Å². The van der Waals surface area contributed by atoms with E-state index in [1.54, 1.807) is 44.2 Å². The molecule has 0 aliphatic carbocycles. The third-order valence-corrected chi connectivity index (χ3v) is 6.76. The van der Waals surface area contributed by atoms with Crippen LogP contribution in [0.15, 0.2) is 59.7 Å². The van der Waals surface area contributed by atoms with Crippen molar-refractivity contribution in [3.63, 3.8) is 0 Å². The number of aromatic nitrogens is 2. The summed E-state index contributed by atoms with van der Waals surface area (Å²) in [6.45, 7) is 3.32. The molecule has 0 aliphatic heterocycles. The summed E-state index contributed by atoms with van der Waals surface area (Å²) in [4.78, 5) is 44.3. The van der Waals surface area contributed by atoms with E-state index >= 15 is 0 Å². The van der Waals surface area contributed by atoms with E-state index in [0.29, 0.717) is 43.5 Å². The predicted octanol–water partition coefficient (Wildman–Crippen LogP) is 4.24. The molecule has 2 N–H and O–H groups in total. The number of carbonyl (C=O) groups is 2. The Morgan fingerprint density at radius 2 is 1.71 bits per heavy atom. The minimum absolute atomic E-state index is 0.318. The summed E-state index contributed by atoms with van der Waals surface area (Å²) in [7, 11) is 3.03. The number of carbonyl (C=O) groups excluding carboxylic acids is 2. The molecule has 0 saturated heterocycles. The number of benzene rings is 2. The molecule has 2 amide bonds. The lowest BCUT2D eigenvalue weighted by atomic mass is 10.2. The normalized spacial score (nSPS) is 11.7. The maximum atomic E-state index is 13.3. The Hall–Kier alpha value is -4.18. The molecule has 0 fully saturated rings. The molecule has 2 heterocycles. The topological polar surface area (TPSA) is 112 Å². The summed E-state index contributed by atoms with van der Waals surface area (Å²) in [5.74, 6) is 0.273. The molecule has 0 saturated carbocycles. The van der Waals surface area contributed by atoms with Crippen molar-refractivity contribution in [3.8, 4) is 11.5 Å². The van der Waals surface area contributed by atoms with E-state index in [1.807, 2.05) is 18.2 Å². The van der Waals surface area contributed by atoms with Gasteiger partial charge in [0.25, 0.3) is 11.5 Å². The van der Waals surface area contributed by atoms with Crippen LogP contribution in [0.4, 0.5) is 11.4 Å². The molecular weight excluding hydrogens is 468 g/mol. The number of amides is 2. The molecule has 2 aromatic carbocycles. The monoisotopic (exact) mass is 492 g/mol. The van der Waals surface area contributed by atoms with E-state index in [-0.39, 0.29) is 5.91 Å². The highest BCUT2D eigenvalue weighted by molar-refractivity contribution is 7.20. The molecule has 180 valence electrons. The van der Waals surface area contributed by atoms with Crippen LogP contribution in [-0.2, 0) is 4.79 Å². The van der Waals surface area contributed by atoms with Crippen LogP contribution in [0.5, 0.6) is 11.5 Å². The van der Waals surface area contributed by atoms with Gasteiger partial charge in [0.2, 0.25) is 5.91 Å². The van der Waals surface area contributed by atoms with Gasteiger partial charge in [-0.1, -0.05) is 18.2 Å². The van der Waals surface area contributed by atoms with Crippen LogP contribution < -0.4 is 25.7 Å². The van der Waals surface area contributed by atoms with Gasteiger partial charge in [-0.2, -0.15) is 0 Å². The average Bonchev–Trinajstić information content (AvgIpc) is 3.21. The Labute approximate surface area is 205 Å². The molecule has 0 bridgehead atoms. The zero-order valence-corrected chi connectivity index (χ0v) is 20.4. The van der Waals surface area contributed by atoms with Crippen LogP contribution in [0.3, 0.4) is 0 Å². The first kappa shape index (κ1) is 24.0. The van der Waals surface area contributed by atoms with Crippen molar-refractivity contribution in [2.75, 3.05) is 24.9 Å². The lowest BCUT2D eigenvalue weighted by molar-refractivity contribution is -0.118. The van der Waals surface area contributed by atoms with Gasteiger partial charge < -0.3 is 20.1 Å². The lowest BCUT2D eigenvalue weighted by Gasteiger charge is -2.16. The van der Waals surface area contributed by atoms with Crippen LogP contribution in [0.25, 0.3) is 10.2 Å². The Bertz CT molecular complexity index is 1460. The van der Waals surface area contributed by atoms with E-state index in [1.165, 1.54) is 25.1 Å². The van der Waals surface area contributed by atoms with E-state index in [0.717, 1.165) is 11.3 Å². The predicted molar refractivity (Wildman–Crippen MR) is 136 cm³/mol. The van der Waals surface area contributed by atoms with Crippen molar-refractivity contribution >= 4 is 44.7 Å². The van der Waals surface area contributed by atoms with Crippen LogP contribution in [0.2, 0.25) is 0 Å². The van der Waals surface area contributed by atoms with Gasteiger partial charge in [-0.3, -0.25) is 19.0 Å². The zero-order valence-electron chi connectivity index (χ0n) is 19.6. The average molecular weight is 493 g/mol. The minimum Gasteiger partial charge on any atom is -0.493 e. The van der Waals surface area contributed by atoms with Crippen LogP contribution in [0.1, 0.15) is 28.2 Å². The molecule has 0 spiro atoms. The summed E-state index contributed by atoms with van der Waals surface area (Å²) in [6.07, 6.45) is 1.33. The maximum absolute atomic E-state index is 13.3. The summed E-state index contributed by atoms with van der Waals surface area (Å²) >= 11 is 1.14. The molecular formula is C25H24N4O5S. The molecule has 4 aromatic rings. The number of ether oxygens (including phenoxy) is 2. The first-order valence-corrected chi connectivity index (χ1v) is 11.5. The van der Waals surface area contributed by atoms with Crippen molar-refractivity contribution in [3.05, 3.63) is 75.7 Å². The first-order valence-electron chi connectivity index (χ1n) is 10.7. The van der Waals surface area contributed by atoms with Gasteiger partial charge >= 0.3 is 0 Å². The summed E-state index contributed by atoms with van der Waals surface area (Å²) in [5, 5.41) is 5.94. The smallest absolute Gasteiger partial charge is 0.266 e. The van der Waals surface area contributed by atoms with Crippen molar-refractivity contribution < 1.29 is 19.1 Å². The second-order valence-electron chi connectivity index (χ2n) is 7.75. The SMILES string of the molecule is COc1ccc(NC(=O)C(C)n2cnc3sc(C(=O)Nc4ccccc4)c(C)c3c2=O)cc1OC. The molecule has 1 unspecified atom stereocenters. The number of aryl methyl sites for hydroxylation is 1. The van der Waals surface area contributed by atoms with Crippen molar-refractivity contribution in [2.45, 2.75) is 19.9 Å². The fraction of sp³-hybridized carbons (Fsp3) is 0.200. The molecule has 10 heteroatoms. The molecule has 9 nitrogen and oxygen atoms in total. The highest BCUT2D eigenvalue weighted by Gasteiger charge is 2.23. The second-order valence-corrected chi connectivity index (χ2v) is 8.75. The molecule has 1 atom stereocenters. The van der Waals surface area contributed by atoms with Gasteiger partial charge in [0.1, 0.15) is 10.9 Å². The highest BCUT2D eigenvalue weighted by Crippen LogP contribution is 2.30. The number of thiophene rings is 1. The van der Waals surface area contributed by atoms with Crippen LogP contribution in [-0.4, -0.2) is 35.6 Å². The minimum atomic E-state index is -0.853. The van der Waals surface area contributed by atoms with Gasteiger partial charge in [-0.25, -0.2) is 4.98 Å². The third kappa shape index (κ3) is 4.73. The van der Waals surface area contributed by atoms with Gasteiger partial charge in [0.05, 0.1) is 30.8 Å². The summed E-state index contributed by atoms with van der Waals surface area (Å²) in [5.41, 5.74) is 1.28. The van der Waals surface area contributed by atoms with Gasteiger partial charge in [0.15, 0.2) is 11.5 Å². The van der Waals surface area contributed by atoms with Crippen LogP contribution >= 0.6 is 11.3 Å². The van der Waals surface area contributed by atoms with Gasteiger partial charge in [-0.15, -0.1) is 11.3 Å². The third-order valence-electron chi connectivity index (χ3n) is 5.56. The van der Waals surface area contributed by atoms with E-state index in [4.69, 9.17) is 9.47 Å². The standard InChI is InChI=1S/C25H24N4O5S/c1-14-20-24(35-21(14)23(31)27-16-8-6-5-7-9-16)26-13-29(25(20)32)15(2)22(30)28-17-10-11-18(33-3)19(12-17)34-4/h5-13,15H,1-4H3,(H,27,31)(H,28,30). The van der Waals surface area contributed by atoms with Gasteiger partial charge in [-0.05, 0) is 43.7 Å². The quantitative estimate of drug-likeness (QED) is 0.399. The Morgan fingerprint density at radius 1 is 1.00 bits per heavy atom. The fourth-order valence-corrected chi connectivity index (χ4v) is 4.66. The largest absolute Gasteiger partial charge is 0.493 e. The number of rotatable bonds is 7. The number of methoxy groups -OCH3 is 2. The number of para-hydroxylation sites is 1. The Balaban J connectivity index is 1.60. The fourth-order valence-electron chi connectivity index (χ4n) is 3.63. The van der Waals surface area contributed by atoms with Crippen molar-refractivity contribution in [1.82, 2.24) is 9.55 Å². The van der Waals surface area contributed by atoms with Crippen molar-refractivity contribution in [1.29, 1.82) is 0 Å². The second kappa shape index (κ2) is 9.98. The Kier molecular flexibility index (Phi) is 6.83. The number of nitrogens with one attached hydrogen (secondary N) is 2. The highest BCUT2D eigenvalue weighted by atomic mass is 32.1. The number of hydrogen-bond donors (Lipinski definition) is 2. The summed E-state index contributed by atoms with van der Waals surface area (Å²) in [6, 6.07) is 13.2. The molecule has 0 aliphatic rings. The molecule has 35 heavy (non-hydrogen) atoms. The maximum Gasteiger partial charge on any atom is 0.266 e. The van der Waals surface area contributed by atoms with Crippen LogP contribution in [0, 0.1) is 6.92 Å². The number of anilines is 2.